The van der Waals surface area contributed by atoms with E-state index in [0.29, 0.717) is 6.42 Å². The molecular weight excluding hydrogens is 369 g/mol. The Morgan fingerprint density at radius 3 is 2.63 bits per heavy atom. The molecule has 3 aromatic rings. The fourth-order valence-electron chi connectivity index (χ4n) is 2.03. The van der Waals surface area contributed by atoms with Gasteiger partial charge >= 0.3 is 0 Å². The molecule has 1 aromatic heterocycles. The Balaban J connectivity index is 1.86. The molecule has 1 heterocycles. The van der Waals surface area contributed by atoms with Gasteiger partial charge in [0.25, 0.3) is 0 Å². The SMILES string of the molecule is OC(Cc1nc2ccccc2s1)c1ccccc1I. The molecule has 1 atom stereocenters. The first-order valence-corrected chi connectivity index (χ1v) is 7.90. The summed E-state index contributed by atoms with van der Waals surface area (Å²) in [5, 5.41) is 11.3. The van der Waals surface area contributed by atoms with Crippen molar-refractivity contribution in [3.05, 3.63) is 62.7 Å². The van der Waals surface area contributed by atoms with Crippen LogP contribution in [0.2, 0.25) is 0 Å². The average molecular weight is 381 g/mol. The summed E-state index contributed by atoms with van der Waals surface area (Å²) in [6.07, 6.45) is 0.0768. The molecular formula is C15H12INOS. The second-order valence-corrected chi connectivity index (χ2v) is 6.59. The topological polar surface area (TPSA) is 33.1 Å². The molecule has 1 unspecified atom stereocenters. The van der Waals surface area contributed by atoms with Crippen molar-refractivity contribution in [2.75, 3.05) is 0 Å². The number of aliphatic hydroxyl groups is 1. The molecule has 0 aliphatic heterocycles. The third-order valence-electron chi connectivity index (χ3n) is 2.97. The largest absolute Gasteiger partial charge is 0.388 e. The van der Waals surface area contributed by atoms with E-state index in [0.717, 1.165) is 19.7 Å². The van der Waals surface area contributed by atoms with Crippen LogP contribution in [0.4, 0.5) is 0 Å². The maximum Gasteiger partial charge on any atom is 0.0967 e. The zero-order valence-corrected chi connectivity index (χ0v) is 13.1. The van der Waals surface area contributed by atoms with Crippen LogP contribution in [0.25, 0.3) is 10.2 Å². The number of hydrogen-bond acceptors (Lipinski definition) is 3. The van der Waals surface area contributed by atoms with E-state index in [1.807, 2.05) is 42.5 Å². The van der Waals surface area contributed by atoms with Crippen LogP contribution < -0.4 is 0 Å². The monoisotopic (exact) mass is 381 g/mol. The summed E-state index contributed by atoms with van der Waals surface area (Å²) in [7, 11) is 0. The van der Waals surface area contributed by atoms with Gasteiger partial charge in [0.1, 0.15) is 0 Å². The number of fused-ring (bicyclic) bond motifs is 1. The molecule has 1 N–H and O–H groups in total. The van der Waals surface area contributed by atoms with Crippen LogP contribution in [0.1, 0.15) is 16.7 Å². The summed E-state index contributed by atoms with van der Waals surface area (Å²) in [6.45, 7) is 0. The van der Waals surface area contributed by atoms with Crippen molar-refractivity contribution in [3.63, 3.8) is 0 Å². The molecule has 0 saturated heterocycles. The lowest BCUT2D eigenvalue weighted by molar-refractivity contribution is 0.177. The zero-order chi connectivity index (χ0) is 13.2. The molecule has 3 rings (SSSR count). The zero-order valence-electron chi connectivity index (χ0n) is 10.1. The van der Waals surface area contributed by atoms with Crippen LogP contribution in [-0.4, -0.2) is 10.1 Å². The number of thiazole rings is 1. The minimum Gasteiger partial charge on any atom is -0.388 e. The molecule has 0 spiro atoms. The van der Waals surface area contributed by atoms with Gasteiger partial charge in [-0.15, -0.1) is 11.3 Å². The van der Waals surface area contributed by atoms with Crippen LogP contribution in [0, 0.1) is 3.57 Å². The van der Waals surface area contributed by atoms with Gasteiger partial charge in [-0.05, 0) is 46.4 Å². The highest BCUT2D eigenvalue weighted by Crippen LogP contribution is 2.27. The maximum absolute atomic E-state index is 10.3. The van der Waals surface area contributed by atoms with E-state index in [-0.39, 0.29) is 0 Å². The lowest BCUT2D eigenvalue weighted by Crippen LogP contribution is -2.03. The molecule has 0 saturated carbocycles. The van der Waals surface area contributed by atoms with E-state index in [1.165, 1.54) is 4.70 Å². The molecule has 0 amide bonds. The lowest BCUT2D eigenvalue weighted by Gasteiger charge is -2.10. The molecule has 0 aliphatic carbocycles. The second-order valence-electron chi connectivity index (χ2n) is 4.32. The van der Waals surface area contributed by atoms with E-state index in [1.54, 1.807) is 11.3 Å². The first kappa shape index (κ1) is 13.0. The lowest BCUT2D eigenvalue weighted by atomic mass is 10.1. The fraction of sp³-hybridized carbons (Fsp3) is 0.133. The summed E-state index contributed by atoms with van der Waals surface area (Å²) in [5.41, 5.74) is 1.99. The van der Waals surface area contributed by atoms with E-state index in [4.69, 9.17) is 0 Å². The molecule has 0 bridgehead atoms. The minimum absolute atomic E-state index is 0.492. The normalized spacial score (nSPS) is 12.7. The van der Waals surface area contributed by atoms with Crippen molar-refractivity contribution in [1.82, 2.24) is 4.98 Å². The number of benzene rings is 2. The number of halogens is 1. The van der Waals surface area contributed by atoms with Gasteiger partial charge < -0.3 is 5.11 Å². The highest BCUT2D eigenvalue weighted by Gasteiger charge is 2.14. The van der Waals surface area contributed by atoms with Gasteiger partial charge in [-0.2, -0.15) is 0 Å². The number of hydrogen-bond donors (Lipinski definition) is 1. The summed E-state index contributed by atoms with van der Waals surface area (Å²) >= 11 is 3.91. The Morgan fingerprint density at radius 1 is 1.11 bits per heavy atom. The third kappa shape index (κ3) is 2.80. The van der Waals surface area contributed by atoms with Gasteiger partial charge in [-0.3, -0.25) is 0 Å². The van der Waals surface area contributed by atoms with Crippen molar-refractivity contribution in [2.45, 2.75) is 12.5 Å². The summed E-state index contributed by atoms with van der Waals surface area (Å²) in [4.78, 5) is 4.56. The number of aliphatic hydroxyl groups excluding tert-OH is 1. The van der Waals surface area contributed by atoms with Gasteiger partial charge in [0.2, 0.25) is 0 Å². The minimum atomic E-state index is -0.492. The molecule has 0 aliphatic rings. The molecule has 2 aromatic carbocycles. The summed E-state index contributed by atoms with van der Waals surface area (Å²) < 4.78 is 2.26. The Morgan fingerprint density at radius 2 is 1.84 bits per heavy atom. The van der Waals surface area contributed by atoms with Crippen molar-refractivity contribution in [3.8, 4) is 0 Å². The average Bonchev–Trinajstić information content (AvgIpc) is 2.81. The van der Waals surface area contributed by atoms with Crippen LogP contribution in [0.3, 0.4) is 0 Å². The van der Waals surface area contributed by atoms with E-state index in [2.05, 4.69) is 33.6 Å². The molecule has 0 fully saturated rings. The smallest absolute Gasteiger partial charge is 0.0967 e. The third-order valence-corrected chi connectivity index (χ3v) is 5.01. The van der Waals surface area contributed by atoms with Gasteiger partial charge in [-0.25, -0.2) is 4.98 Å². The molecule has 2 nitrogen and oxygen atoms in total. The summed E-state index contributed by atoms with van der Waals surface area (Å²) in [6, 6.07) is 16.0. The second kappa shape index (κ2) is 5.56. The van der Waals surface area contributed by atoms with Gasteiger partial charge in [0.15, 0.2) is 0 Å². The molecule has 4 heteroatoms. The molecule has 96 valence electrons. The summed E-state index contributed by atoms with van der Waals surface area (Å²) in [5.74, 6) is 0. The maximum atomic E-state index is 10.3. The number of para-hydroxylation sites is 1. The van der Waals surface area contributed by atoms with Gasteiger partial charge in [-0.1, -0.05) is 30.3 Å². The first-order chi connectivity index (χ1) is 9.24. The predicted molar refractivity (Wildman–Crippen MR) is 87.4 cm³/mol. The Kier molecular flexibility index (Phi) is 3.81. The van der Waals surface area contributed by atoms with Crippen LogP contribution in [-0.2, 0) is 6.42 Å². The van der Waals surface area contributed by atoms with E-state index < -0.39 is 6.10 Å². The van der Waals surface area contributed by atoms with E-state index >= 15 is 0 Å². The quantitative estimate of drug-likeness (QED) is 0.691. The Bertz CT molecular complexity index is 677. The number of aromatic nitrogens is 1. The van der Waals surface area contributed by atoms with Crippen LogP contribution in [0.15, 0.2) is 48.5 Å². The van der Waals surface area contributed by atoms with Crippen molar-refractivity contribution in [2.24, 2.45) is 0 Å². The highest BCUT2D eigenvalue weighted by atomic mass is 127. The Labute approximate surface area is 129 Å². The standard InChI is InChI=1S/C15H12INOS/c16-11-6-2-1-5-10(11)13(18)9-15-17-12-7-3-4-8-14(12)19-15/h1-8,13,18H,9H2. The fourth-order valence-corrected chi connectivity index (χ4v) is 3.78. The van der Waals surface area contributed by atoms with Crippen LogP contribution >= 0.6 is 33.9 Å². The number of nitrogens with zero attached hydrogens (tertiary/aromatic N) is 1. The van der Waals surface area contributed by atoms with Gasteiger partial charge in [0.05, 0.1) is 21.3 Å². The van der Waals surface area contributed by atoms with Crippen LogP contribution in [0.5, 0.6) is 0 Å². The number of rotatable bonds is 3. The molecule has 19 heavy (non-hydrogen) atoms. The molecule has 0 radical (unpaired) electrons. The van der Waals surface area contributed by atoms with E-state index in [9.17, 15) is 5.11 Å². The first-order valence-electron chi connectivity index (χ1n) is 6.01. The highest BCUT2D eigenvalue weighted by molar-refractivity contribution is 14.1. The predicted octanol–water partition coefficient (Wildman–Crippen LogP) is 4.18. The van der Waals surface area contributed by atoms with Crippen molar-refractivity contribution < 1.29 is 5.11 Å². The van der Waals surface area contributed by atoms with Gasteiger partial charge in [0, 0.05) is 9.99 Å². The van der Waals surface area contributed by atoms with Crippen molar-refractivity contribution >= 4 is 44.1 Å². The van der Waals surface area contributed by atoms with Crippen molar-refractivity contribution in [1.29, 1.82) is 0 Å². The Hall–Kier alpha value is -0.980.